The van der Waals surface area contributed by atoms with Crippen LogP contribution in [-0.2, 0) is 16.6 Å². The molecule has 21 heavy (non-hydrogen) atoms. The molecule has 1 aromatic heterocycles. The van der Waals surface area contributed by atoms with Gasteiger partial charge in [-0.25, -0.2) is 8.42 Å². The van der Waals surface area contributed by atoms with Gasteiger partial charge in [0.2, 0.25) is 10.0 Å². The zero-order chi connectivity index (χ0) is 15.7. The van der Waals surface area contributed by atoms with Gasteiger partial charge in [0.1, 0.15) is 4.90 Å². The quantitative estimate of drug-likeness (QED) is 0.853. The van der Waals surface area contributed by atoms with E-state index >= 15 is 0 Å². The summed E-state index contributed by atoms with van der Waals surface area (Å²) in [6.07, 6.45) is 0. The lowest BCUT2D eigenvalue weighted by atomic mass is 10.2. The minimum Gasteiger partial charge on any atom is -0.329 e. The summed E-state index contributed by atoms with van der Waals surface area (Å²) in [6, 6.07) is -0.243. The lowest BCUT2D eigenvalue weighted by molar-refractivity contribution is 0.393. The van der Waals surface area contributed by atoms with Crippen molar-refractivity contribution in [3.05, 3.63) is 11.4 Å². The molecule has 1 rings (SSSR count). The average Bonchev–Trinajstić information content (AvgIpc) is 2.61. The topological polar surface area (TPSA) is 81.2 Å². The highest BCUT2D eigenvalue weighted by atomic mass is 35.5. The second-order valence-electron chi connectivity index (χ2n) is 5.68. The second-order valence-corrected chi connectivity index (χ2v) is 7.62. The van der Waals surface area contributed by atoms with Crippen molar-refractivity contribution in [1.82, 2.24) is 14.1 Å². The molecule has 0 radical (unpaired) electrons. The third kappa shape index (κ3) is 4.18. The maximum Gasteiger partial charge on any atom is 0.246 e. The molecule has 1 atom stereocenters. The van der Waals surface area contributed by atoms with Gasteiger partial charge in [-0.15, -0.1) is 12.4 Å². The van der Waals surface area contributed by atoms with Crippen molar-refractivity contribution in [3.8, 4) is 0 Å². The van der Waals surface area contributed by atoms with Crippen molar-refractivity contribution < 1.29 is 8.42 Å². The van der Waals surface area contributed by atoms with E-state index in [4.69, 9.17) is 5.73 Å². The first-order valence-corrected chi connectivity index (χ1v) is 8.29. The molecule has 0 saturated carbocycles. The van der Waals surface area contributed by atoms with Crippen LogP contribution >= 0.6 is 12.4 Å². The van der Waals surface area contributed by atoms with Crippen LogP contribution in [0.2, 0.25) is 0 Å². The highest BCUT2D eigenvalue weighted by molar-refractivity contribution is 7.89. The molecule has 6 nitrogen and oxygen atoms in total. The standard InChI is InChI=1S/C13H26N4O2S.ClH/c1-9(2)8-17-12(5)13(11(4)15-17)20(18,19)16(6)10(3)7-14;/h9-10H,7-8,14H2,1-6H3;1H. The van der Waals surface area contributed by atoms with Gasteiger partial charge in [0, 0.05) is 26.2 Å². The third-order valence-electron chi connectivity index (χ3n) is 3.45. The fourth-order valence-electron chi connectivity index (χ4n) is 2.11. The number of aromatic nitrogens is 2. The summed E-state index contributed by atoms with van der Waals surface area (Å²) in [4.78, 5) is 0.306. The lowest BCUT2D eigenvalue weighted by Gasteiger charge is -2.23. The molecular weight excluding hydrogens is 312 g/mol. The van der Waals surface area contributed by atoms with Crippen LogP contribution in [0, 0.1) is 19.8 Å². The van der Waals surface area contributed by atoms with Crippen molar-refractivity contribution in [2.24, 2.45) is 11.7 Å². The van der Waals surface area contributed by atoms with Gasteiger partial charge in [-0.05, 0) is 26.7 Å². The van der Waals surface area contributed by atoms with E-state index in [0.29, 0.717) is 28.7 Å². The van der Waals surface area contributed by atoms with Gasteiger partial charge in [0.25, 0.3) is 0 Å². The lowest BCUT2D eigenvalue weighted by Crippen LogP contribution is -2.40. The Hall–Kier alpha value is -0.630. The highest BCUT2D eigenvalue weighted by Gasteiger charge is 2.30. The molecule has 124 valence electrons. The molecule has 1 unspecified atom stereocenters. The molecule has 0 aliphatic heterocycles. The average molecular weight is 339 g/mol. The number of likely N-dealkylation sites (N-methyl/N-ethyl adjacent to an activating group) is 1. The van der Waals surface area contributed by atoms with Gasteiger partial charge in [0.15, 0.2) is 0 Å². The van der Waals surface area contributed by atoms with Gasteiger partial charge >= 0.3 is 0 Å². The summed E-state index contributed by atoms with van der Waals surface area (Å²) < 4.78 is 28.5. The monoisotopic (exact) mass is 338 g/mol. The number of aryl methyl sites for hydroxylation is 1. The fourth-order valence-corrected chi connectivity index (χ4v) is 3.85. The molecule has 0 bridgehead atoms. The molecule has 1 aromatic rings. The maximum atomic E-state index is 12.7. The summed E-state index contributed by atoms with van der Waals surface area (Å²) in [6.45, 7) is 10.5. The normalized spacial score (nSPS) is 13.6. The van der Waals surface area contributed by atoms with Gasteiger partial charge < -0.3 is 5.73 Å². The number of rotatable bonds is 6. The molecule has 8 heteroatoms. The number of nitrogens with zero attached hydrogens (tertiary/aromatic N) is 3. The molecular formula is C13H27ClN4O2S. The van der Waals surface area contributed by atoms with Crippen LogP contribution in [0.3, 0.4) is 0 Å². The maximum absolute atomic E-state index is 12.7. The van der Waals surface area contributed by atoms with Gasteiger partial charge in [-0.3, -0.25) is 4.68 Å². The van der Waals surface area contributed by atoms with Crippen LogP contribution in [0.15, 0.2) is 4.90 Å². The van der Waals surface area contributed by atoms with Crippen molar-refractivity contribution in [2.45, 2.75) is 52.1 Å². The molecule has 0 aliphatic carbocycles. The molecule has 0 aromatic carbocycles. The summed E-state index contributed by atoms with van der Waals surface area (Å²) in [5.41, 5.74) is 6.80. The van der Waals surface area contributed by atoms with Crippen LogP contribution in [0.25, 0.3) is 0 Å². The van der Waals surface area contributed by atoms with E-state index in [9.17, 15) is 8.42 Å². The Kier molecular flexibility index (Phi) is 7.35. The number of hydrogen-bond acceptors (Lipinski definition) is 4. The Balaban J connectivity index is 0.00000400. The Labute approximate surface area is 134 Å². The number of sulfonamides is 1. The zero-order valence-corrected chi connectivity index (χ0v) is 15.3. The predicted molar refractivity (Wildman–Crippen MR) is 87.3 cm³/mol. The van der Waals surface area contributed by atoms with Crippen LogP contribution in [0.5, 0.6) is 0 Å². The summed E-state index contributed by atoms with van der Waals surface area (Å²) in [5.74, 6) is 0.407. The van der Waals surface area contributed by atoms with Crippen LogP contribution in [0.4, 0.5) is 0 Å². The van der Waals surface area contributed by atoms with Crippen molar-refractivity contribution in [1.29, 1.82) is 0 Å². The Morgan fingerprint density at radius 2 is 1.81 bits per heavy atom. The highest BCUT2D eigenvalue weighted by Crippen LogP contribution is 2.24. The molecule has 2 N–H and O–H groups in total. The van der Waals surface area contributed by atoms with E-state index in [2.05, 4.69) is 18.9 Å². The van der Waals surface area contributed by atoms with Crippen molar-refractivity contribution >= 4 is 22.4 Å². The Morgan fingerprint density at radius 3 is 2.24 bits per heavy atom. The van der Waals surface area contributed by atoms with Gasteiger partial charge in [-0.2, -0.15) is 9.40 Å². The summed E-state index contributed by atoms with van der Waals surface area (Å²) in [5, 5.41) is 4.36. The van der Waals surface area contributed by atoms with Gasteiger partial charge in [-0.1, -0.05) is 13.8 Å². The number of halogens is 1. The minimum atomic E-state index is -3.56. The second kappa shape index (κ2) is 7.58. The molecule has 0 fully saturated rings. The summed E-state index contributed by atoms with van der Waals surface area (Å²) in [7, 11) is -2.00. The minimum absolute atomic E-state index is 0. The summed E-state index contributed by atoms with van der Waals surface area (Å²) >= 11 is 0. The van der Waals surface area contributed by atoms with E-state index in [-0.39, 0.29) is 25.0 Å². The first-order valence-electron chi connectivity index (χ1n) is 6.85. The van der Waals surface area contributed by atoms with E-state index in [1.54, 1.807) is 32.5 Å². The molecule has 0 amide bonds. The van der Waals surface area contributed by atoms with Crippen LogP contribution in [0.1, 0.15) is 32.2 Å². The van der Waals surface area contributed by atoms with E-state index in [0.717, 1.165) is 0 Å². The zero-order valence-electron chi connectivity index (χ0n) is 13.6. The fraction of sp³-hybridized carbons (Fsp3) is 0.769. The number of hydrogen-bond donors (Lipinski definition) is 1. The SMILES string of the molecule is Cc1nn(CC(C)C)c(C)c1S(=O)(=O)N(C)C(C)CN.Cl. The third-order valence-corrected chi connectivity index (χ3v) is 5.68. The van der Waals surface area contributed by atoms with Crippen LogP contribution in [-0.4, -0.2) is 42.1 Å². The van der Waals surface area contributed by atoms with Gasteiger partial charge in [0.05, 0.1) is 11.4 Å². The van der Waals surface area contributed by atoms with E-state index in [1.165, 1.54) is 4.31 Å². The smallest absolute Gasteiger partial charge is 0.246 e. The molecule has 0 aliphatic rings. The first-order chi connectivity index (χ1) is 9.12. The van der Waals surface area contributed by atoms with Crippen molar-refractivity contribution in [2.75, 3.05) is 13.6 Å². The van der Waals surface area contributed by atoms with E-state index < -0.39 is 10.0 Å². The number of nitrogens with two attached hydrogens (primary N) is 1. The predicted octanol–water partition coefficient (Wildman–Crippen LogP) is 1.55. The van der Waals surface area contributed by atoms with Crippen molar-refractivity contribution in [3.63, 3.8) is 0 Å². The van der Waals surface area contributed by atoms with E-state index in [1.807, 2.05) is 0 Å². The molecule has 0 saturated heterocycles. The molecule has 1 heterocycles. The Morgan fingerprint density at radius 1 is 1.29 bits per heavy atom. The molecule has 0 spiro atoms. The first kappa shape index (κ1) is 20.4. The van der Waals surface area contributed by atoms with Crippen LogP contribution < -0.4 is 5.73 Å². The Bertz CT molecular complexity index is 569. The largest absolute Gasteiger partial charge is 0.329 e.